The molecule has 0 radical (unpaired) electrons. The number of aromatic nitrogens is 4. The Kier molecular flexibility index (Phi) is 8.34. The van der Waals surface area contributed by atoms with Crippen LogP contribution in [0.15, 0.2) is 60.8 Å². The van der Waals surface area contributed by atoms with Gasteiger partial charge in [-0.25, -0.2) is 14.8 Å². The first-order chi connectivity index (χ1) is 23.5. The predicted molar refractivity (Wildman–Crippen MR) is 186 cm³/mol. The van der Waals surface area contributed by atoms with Crippen LogP contribution < -0.4 is 10.6 Å². The lowest BCUT2D eigenvalue weighted by Crippen LogP contribution is -2.52. The number of amides is 2. The number of benzene rings is 3. The molecule has 2 saturated heterocycles. The highest BCUT2D eigenvalue weighted by atomic mass is 16.5. The van der Waals surface area contributed by atoms with E-state index in [0.29, 0.717) is 12.6 Å². The van der Waals surface area contributed by atoms with Crippen LogP contribution in [0.3, 0.4) is 0 Å². The van der Waals surface area contributed by atoms with Crippen molar-refractivity contribution in [2.45, 2.75) is 75.9 Å². The summed E-state index contributed by atoms with van der Waals surface area (Å²) in [4.78, 5) is 44.9. The van der Waals surface area contributed by atoms with Crippen molar-refractivity contribution in [3.05, 3.63) is 72.4 Å². The van der Waals surface area contributed by atoms with Gasteiger partial charge in [-0.3, -0.25) is 4.79 Å². The second-order valence-corrected chi connectivity index (χ2v) is 13.7. The minimum atomic E-state index is -0.579. The van der Waals surface area contributed by atoms with Gasteiger partial charge in [0.1, 0.15) is 17.7 Å². The Morgan fingerprint density at radius 1 is 0.854 bits per heavy atom. The number of rotatable bonds is 7. The lowest BCUT2D eigenvalue weighted by atomic mass is 9.83. The van der Waals surface area contributed by atoms with Gasteiger partial charge in [-0.2, -0.15) is 0 Å². The number of imidazole rings is 2. The van der Waals surface area contributed by atoms with E-state index in [0.717, 1.165) is 96.6 Å². The summed E-state index contributed by atoms with van der Waals surface area (Å²) in [6, 6.07) is 19.0. The van der Waals surface area contributed by atoms with Crippen LogP contribution in [0.25, 0.3) is 44.2 Å². The minimum Gasteiger partial charge on any atom is -0.453 e. The Morgan fingerprint density at radius 2 is 1.62 bits per heavy atom. The monoisotopic (exact) mass is 645 g/mol. The van der Waals surface area contributed by atoms with E-state index in [1.165, 1.54) is 30.7 Å². The van der Waals surface area contributed by atoms with Gasteiger partial charge in [-0.15, -0.1) is 0 Å². The lowest BCUT2D eigenvalue weighted by molar-refractivity contribution is -0.136. The number of likely N-dealkylation sites (tertiary alicyclic amines) is 1. The lowest BCUT2D eigenvalue weighted by Gasteiger charge is -2.34. The van der Waals surface area contributed by atoms with Gasteiger partial charge in [0.05, 0.1) is 42.1 Å². The smallest absolute Gasteiger partial charge is 0.407 e. The van der Waals surface area contributed by atoms with Crippen LogP contribution in [0.2, 0.25) is 0 Å². The van der Waals surface area contributed by atoms with E-state index in [1.54, 1.807) is 0 Å². The molecule has 10 nitrogen and oxygen atoms in total. The molecule has 3 aromatic carbocycles. The quantitative estimate of drug-likeness (QED) is 0.149. The third-order valence-corrected chi connectivity index (χ3v) is 10.7. The predicted octanol–water partition coefficient (Wildman–Crippen LogP) is 7.17. The molecule has 0 spiro atoms. The fraction of sp³-hybridized carbons (Fsp3) is 0.421. The van der Waals surface area contributed by atoms with Crippen LogP contribution >= 0.6 is 0 Å². The topological polar surface area (TPSA) is 128 Å². The fourth-order valence-corrected chi connectivity index (χ4v) is 8.07. The van der Waals surface area contributed by atoms with Crippen LogP contribution in [0.4, 0.5) is 4.79 Å². The Bertz CT molecular complexity index is 1950. The normalized spacial score (nSPS) is 20.8. The first kappa shape index (κ1) is 30.6. The highest BCUT2D eigenvalue weighted by Gasteiger charge is 2.40. The molecule has 3 atom stereocenters. The maximum atomic E-state index is 14.0. The molecule has 0 unspecified atom stereocenters. The summed E-state index contributed by atoms with van der Waals surface area (Å²) in [5, 5.41) is 8.74. The maximum Gasteiger partial charge on any atom is 0.407 e. The van der Waals surface area contributed by atoms with Gasteiger partial charge in [-0.05, 0) is 97.2 Å². The van der Waals surface area contributed by atoms with Crippen LogP contribution in [0, 0.1) is 5.92 Å². The molecule has 3 aliphatic rings. The molecule has 8 rings (SSSR count). The number of methoxy groups -OCH3 is 1. The van der Waals surface area contributed by atoms with Gasteiger partial charge >= 0.3 is 6.09 Å². The van der Waals surface area contributed by atoms with Crippen molar-refractivity contribution in [2.24, 2.45) is 5.92 Å². The molecule has 2 aromatic heterocycles. The van der Waals surface area contributed by atoms with Gasteiger partial charge in [0.15, 0.2) is 0 Å². The number of H-pyrrole nitrogens is 2. The number of fused-ring (bicyclic) bond motifs is 2. The van der Waals surface area contributed by atoms with Crippen LogP contribution in [-0.2, 0) is 9.53 Å². The van der Waals surface area contributed by atoms with E-state index >= 15 is 0 Å². The number of ether oxygens (including phenoxy) is 1. The molecule has 4 heterocycles. The van der Waals surface area contributed by atoms with Crippen LogP contribution in [0.5, 0.6) is 0 Å². The molecule has 4 N–H and O–H groups in total. The summed E-state index contributed by atoms with van der Waals surface area (Å²) < 4.78 is 4.90. The van der Waals surface area contributed by atoms with E-state index in [1.807, 2.05) is 11.1 Å². The first-order valence-electron chi connectivity index (χ1n) is 17.5. The summed E-state index contributed by atoms with van der Waals surface area (Å²) >= 11 is 0. The average molecular weight is 646 g/mol. The largest absolute Gasteiger partial charge is 0.453 e. The highest BCUT2D eigenvalue weighted by Crippen LogP contribution is 2.36. The van der Waals surface area contributed by atoms with Crippen molar-refractivity contribution in [1.82, 2.24) is 35.5 Å². The molecule has 48 heavy (non-hydrogen) atoms. The second-order valence-electron chi connectivity index (χ2n) is 13.7. The molecule has 5 aromatic rings. The average Bonchev–Trinajstić information content (AvgIpc) is 3.96. The van der Waals surface area contributed by atoms with Crippen LogP contribution in [0.1, 0.15) is 81.5 Å². The number of carbonyl (C=O) groups excluding carboxylic acids is 2. The summed E-state index contributed by atoms with van der Waals surface area (Å²) in [5.74, 6) is 1.90. The van der Waals surface area contributed by atoms with Gasteiger partial charge in [0, 0.05) is 12.1 Å². The third kappa shape index (κ3) is 5.94. The van der Waals surface area contributed by atoms with Crippen molar-refractivity contribution in [1.29, 1.82) is 0 Å². The maximum absolute atomic E-state index is 14.0. The number of nitrogens with one attached hydrogen (secondary N) is 4. The van der Waals surface area contributed by atoms with Gasteiger partial charge in [0.25, 0.3) is 0 Å². The summed E-state index contributed by atoms with van der Waals surface area (Å²) in [6.07, 6.45) is 10.6. The van der Waals surface area contributed by atoms with Gasteiger partial charge in [-0.1, -0.05) is 49.6 Å². The standard InChI is InChI=1S/C38H43N7O3/c1-48-38(47)44-34(23-7-3-2-4-8-23)37(46)45-18-6-10-33(45)36-41-29-16-15-27(21-31(29)42-36)25-11-12-26-20-28(14-13-24(26)19-25)32-22-40-35(43-32)30-9-5-17-39-30/h11-16,19-23,30,33-34,39H,2-10,17-18H2,1H3,(H,40,43)(H,41,42)(H,44,47)/t30-,33-,34-/m0/s1. The SMILES string of the molecule is COC(=O)N[C@H](C(=O)N1CCC[C@H]1c1nc2ccc(-c3ccc4cc(-c5cnc([C@@H]6CCCN6)[nH]5)ccc4c3)cc2[nH]1)C1CCCCC1. The molecule has 10 heteroatoms. The Morgan fingerprint density at radius 3 is 2.42 bits per heavy atom. The highest BCUT2D eigenvalue weighted by molar-refractivity contribution is 5.92. The number of hydrogen-bond donors (Lipinski definition) is 4. The molecule has 1 saturated carbocycles. The van der Waals surface area contributed by atoms with E-state index in [2.05, 4.69) is 80.2 Å². The van der Waals surface area contributed by atoms with E-state index in [4.69, 9.17) is 9.72 Å². The molecular weight excluding hydrogens is 602 g/mol. The molecule has 3 fully saturated rings. The summed E-state index contributed by atoms with van der Waals surface area (Å²) in [5.41, 5.74) is 6.22. The van der Waals surface area contributed by atoms with Gasteiger partial charge < -0.3 is 30.2 Å². The number of carbonyl (C=O) groups is 2. The fourth-order valence-electron chi connectivity index (χ4n) is 8.07. The minimum absolute atomic E-state index is 0.0333. The molecule has 0 bridgehead atoms. The van der Waals surface area contributed by atoms with Crippen molar-refractivity contribution < 1.29 is 14.3 Å². The number of hydrogen-bond acceptors (Lipinski definition) is 6. The number of aromatic amines is 2. The molecule has 248 valence electrons. The number of alkyl carbamates (subject to hydrolysis) is 1. The molecule has 2 aliphatic heterocycles. The first-order valence-corrected chi connectivity index (χ1v) is 17.5. The van der Waals surface area contributed by atoms with E-state index in [9.17, 15) is 9.59 Å². The molecule has 2 amide bonds. The third-order valence-electron chi connectivity index (χ3n) is 10.7. The number of nitrogens with zero attached hydrogens (tertiary/aromatic N) is 3. The molecular formula is C38H43N7O3. The molecule has 1 aliphatic carbocycles. The van der Waals surface area contributed by atoms with Crippen molar-refractivity contribution in [3.8, 4) is 22.4 Å². The van der Waals surface area contributed by atoms with Crippen molar-refractivity contribution >= 4 is 33.8 Å². The zero-order valence-corrected chi connectivity index (χ0v) is 27.4. The van der Waals surface area contributed by atoms with E-state index in [-0.39, 0.29) is 17.9 Å². The van der Waals surface area contributed by atoms with E-state index < -0.39 is 12.1 Å². The van der Waals surface area contributed by atoms with Crippen LogP contribution in [-0.4, -0.2) is 63.1 Å². The zero-order valence-electron chi connectivity index (χ0n) is 27.4. The van der Waals surface area contributed by atoms with Crippen molar-refractivity contribution in [2.75, 3.05) is 20.2 Å². The second kappa shape index (κ2) is 13.1. The Hall–Kier alpha value is -4.70. The van der Waals surface area contributed by atoms with Gasteiger partial charge in [0.2, 0.25) is 5.91 Å². The Balaban J connectivity index is 1.02. The summed E-state index contributed by atoms with van der Waals surface area (Å²) in [7, 11) is 1.35. The Labute approximate surface area is 280 Å². The van der Waals surface area contributed by atoms with Crippen molar-refractivity contribution in [3.63, 3.8) is 0 Å². The zero-order chi connectivity index (χ0) is 32.6. The summed E-state index contributed by atoms with van der Waals surface area (Å²) in [6.45, 7) is 1.70.